The summed E-state index contributed by atoms with van der Waals surface area (Å²) >= 11 is 0. The van der Waals surface area contributed by atoms with Crippen LogP contribution in [0.1, 0.15) is 31.4 Å². The van der Waals surface area contributed by atoms with Gasteiger partial charge >= 0.3 is 0 Å². The Bertz CT molecular complexity index is 423. The molecular weight excluding hydrogens is 264 g/mol. The van der Waals surface area contributed by atoms with Gasteiger partial charge in [-0.25, -0.2) is 0 Å². The van der Waals surface area contributed by atoms with Crippen LogP contribution in [0.15, 0.2) is 30.3 Å². The average Bonchev–Trinajstić information content (AvgIpc) is 3.23. The molecular formula is C14H21ClN2O2. The summed E-state index contributed by atoms with van der Waals surface area (Å²) in [6.45, 7) is 2.34. The highest BCUT2D eigenvalue weighted by Gasteiger charge is 2.42. The number of carbonyl (C=O) groups is 1. The Morgan fingerprint density at radius 2 is 2.05 bits per heavy atom. The van der Waals surface area contributed by atoms with Crippen molar-refractivity contribution < 1.29 is 9.90 Å². The van der Waals surface area contributed by atoms with E-state index in [9.17, 15) is 9.90 Å². The molecule has 0 bridgehead atoms. The summed E-state index contributed by atoms with van der Waals surface area (Å²) in [6.07, 6.45) is 1.06. The number of halogens is 1. The number of carbonyl (C=O) groups excluding carboxylic acids is 1. The van der Waals surface area contributed by atoms with Crippen molar-refractivity contribution >= 4 is 18.3 Å². The van der Waals surface area contributed by atoms with Crippen LogP contribution in [0.2, 0.25) is 0 Å². The molecule has 5 heteroatoms. The molecule has 19 heavy (non-hydrogen) atoms. The van der Waals surface area contributed by atoms with Crippen LogP contribution in [0.4, 0.5) is 0 Å². The lowest BCUT2D eigenvalue weighted by Crippen LogP contribution is -2.54. The molecule has 2 atom stereocenters. The summed E-state index contributed by atoms with van der Waals surface area (Å²) in [7, 11) is 0. The standard InChI is InChI=1S/C14H20N2O2.ClH/c1-14(9-15,11-7-8-11)16-13(18)12(17)10-5-3-2-4-6-10;/h2-6,11-12,17H,7-9,15H2,1H3,(H,16,18);1H. The number of hydrogen-bond donors (Lipinski definition) is 3. The van der Waals surface area contributed by atoms with Crippen LogP contribution in [0, 0.1) is 5.92 Å². The summed E-state index contributed by atoms with van der Waals surface area (Å²) in [5.41, 5.74) is 5.94. The van der Waals surface area contributed by atoms with Gasteiger partial charge in [0.15, 0.2) is 6.10 Å². The van der Waals surface area contributed by atoms with Crippen molar-refractivity contribution in [3.05, 3.63) is 35.9 Å². The van der Waals surface area contributed by atoms with Crippen LogP contribution < -0.4 is 11.1 Å². The highest BCUT2D eigenvalue weighted by Crippen LogP contribution is 2.39. The van der Waals surface area contributed by atoms with Gasteiger partial charge in [-0.3, -0.25) is 4.79 Å². The summed E-state index contributed by atoms with van der Waals surface area (Å²) in [5, 5.41) is 12.9. The molecule has 1 aliphatic carbocycles. The van der Waals surface area contributed by atoms with Crippen LogP contribution in [0.25, 0.3) is 0 Å². The lowest BCUT2D eigenvalue weighted by molar-refractivity contribution is -0.131. The van der Waals surface area contributed by atoms with Gasteiger partial charge in [0.2, 0.25) is 0 Å². The monoisotopic (exact) mass is 284 g/mol. The topological polar surface area (TPSA) is 75.3 Å². The van der Waals surface area contributed by atoms with E-state index >= 15 is 0 Å². The van der Waals surface area contributed by atoms with Crippen LogP contribution in [0.5, 0.6) is 0 Å². The highest BCUT2D eigenvalue weighted by atomic mass is 35.5. The molecule has 4 nitrogen and oxygen atoms in total. The van der Waals surface area contributed by atoms with Crippen molar-refractivity contribution in [1.29, 1.82) is 0 Å². The molecule has 1 saturated carbocycles. The number of benzene rings is 1. The Hall–Kier alpha value is -1.10. The lowest BCUT2D eigenvalue weighted by Gasteiger charge is -2.30. The largest absolute Gasteiger partial charge is 0.378 e. The van der Waals surface area contributed by atoms with Crippen molar-refractivity contribution in [3.63, 3.8) is 0 Å². The van der Waals surface area contributed by atoms with Crippen molar-refractivity contribution in [1.82, 2.24) is 5.32 Å². The fourth-order valence-corrected chi connectivity index (χ4v) is 2.18. The summed E-state index contributed by atoms with van der Waals surface area (Å²) in [5.74, 6) is 0.0653. The average molecular weight is 285 g/mol. The van der Waals surface area contributed by atoms with Crippen LogP contribution >= 0.6 is 12.4 Å². The van der Waals surface area contributed by atoms with Gasteiger partial charge in [-0.05, 0) is 31.2 Å². The number of aliphatic hydroxyl groups is 1. The molecule has 2 rings (SSSR count). The van der Waals surface area contributed by atoms with Crippen LogP contribution in [0.3, 0.4) is 0 Å². The van der Waals surface area contributed by atoms with E-state index in [1.54, 1.807) is 24.3 Å². The Morgan fingerprint density at radius 3 is 2.53 bits per heavy atom. The molecule has 2 unspecified atom stereocenters. The Labute approximate surface area is 119 Å². The number of nitrogens with one attached hydrogen (secondary N) is 1. The van der Waals surface area contributed by atoms with E-state index in [4.69, 9.17) is 5.73 Å². The molecule has 0 saturated heterocycles. The maximum absolute atomic E-state index is 12.0. The number of aliphatic hydroxyl groups excluding tert-OH is 1. The van der Waals surface area contributed by atoms with Crippen LogP contribution in [-0.2, 0) is 4.79 Å². The minimum atomic E-state index is -1.13. The summed E-state index contributed by atoms with van der Waals surface area (Å²) < 4.78 is 0. The van der Waals surface area contributed by atoms with Crippen molar-refractivity contribution in [2.75, 3.05) is 6.54 Å². The quantitative estimate of drug-likeness (QED) is 0.765. The van der Waals surface area contributed by atoms with E-state index in [1.165, 1.54) is 0 Å². The van der Waals surface area contributed by atoms with Gasteiger partial charge in [-0.1, -0.05) is 30.3 Å². The first-order valence-electron chi connectivity index (χ1n) is 6.32. The Kier molecular flexibility index (Phi) is 5.35. The second kappa shape index (κ2) is 6.37. The smallest absolute Gasteiger partial charge is 0.253 e. The highest BCUT2D eigenvalue weighted by molar-refractivity contribution is 5.85. The summed E-state index contributed by atoms with van der Waals surface area (Å²) in [4.78, 5) is 12.0. The first-order valence-corrected chi connectivity index (χ1v) is 6.32. The van der Waals surface area contributed by atoms with E-state index < -0.39 is 11.6 Å². The molecule has 1 aromatic rings. The first kappa shape index (κ1) is 16.0. The molecule has 1 aliphatic rings. The number of nitrogens with two attached hydrogens (primary N) is 1. The van der Waals surface area contributed by atoms with Gasteiger partial charge < -0.3 is 16.2 Å². The maximum Gasteiger partial charge on any atom is 0.253 e. The van der Waals surface area contributed by atoms with Crippen molar-refractivity contribution in [2.45, 2.75) is 31.4 Å². The molecule has 4 N–H and O–H groups in total. The molecule has 106 valence electrons. The van der Waals surface area contributed by atoms with Gasteiger partial charge in [0.05, 0.1) is 5.54 Å². The zero-order valence-electron chi connectivity index (χ0n) is 11.0. The van der Waals surface area contributed by atoms with Gasteiger partial charge in [0.25, 0.3) is 5.91 Å². The maximum atomic E-state index is 12.0. The fourth-order valence-electron chi connectivity index (χ4n) is 2.18. The number of hydrogen-bond acceptors (Lipinski definition) is 3. The summed E-state index contributed by atoms with van der Waals surface area (Å²) in [6, 6.07) is 8.92. The Balaban J connectivity index is 0.00000180. The van der Waals surface area contributed by atoms with E-state index in [0.29, 0.717) is 18.0 Å². The first-order chi connectivity index (χ1) is 8.57. The minimum absolute atomic E-state index is 0. The molecule has 1 amide bonds. The number of rotatable bonds is 5. The zero-order valence-corrected chi connectivity index (χ0v) is 11.8. The minimum Gasteiger partial charge on any atom is -0.378 e. The van der Waals surface area contributed by atoms with E-state index in [0.717, 1.165) is 12.8 Å². The van der Waals surface area contributed by atoms with Gasteiger partial charge in [-0.2, -0.15) is 0 Å². The number of amides is 1. The third-order valence-corrected chi connectivity index (χ3v) is 3.67. The van der Waals surface area contributed by atoms with E-state index in [-0.39, 0.29) is 18.3 Å². The Morgan fingerprint density at radius 1 is 1.47 bits per heavy atom. The molecule has 0 spiro atoms. The van der Waals surface area contributed by atoms with Crippen molar-refractivity contribution in [2.24, 2.45) is 11.7 Å². The molecule has 0 heterocycles. The third-order valence-electron chi connectivity index (χ3n) is 3.67. The molecule has 0 aromatic heterocycles. The lowest BCUT2D eigenvalue weighted by atomic mass is 9.95. The molecule has 1 aromatic carbocycles. The van der Waals surface area contributed by atoms with Gasteiger partial charge in [0.1, 0.15) is 0 Å². The van der Waals surface area contributed by atoms with E-state index in [1.807, 2.05) is 13.0 Å². The SMILES string of the molecule is CC(CN)(NC(=O)C(O)c1ccccc1)C1CC1.Cl. The van der Waals surface area contributed by atoms with Crippen molar-refractivity contribution in [3.8, 4) is 0 Å². The fraction of sp³-hybridized carbons (Fsp3) is 0.500. The van der Waals surface area contributed by atoms with Gasteiger partial charge in [-0.15, -0.1) is 12.4 Å². The predicted octanol–water partition coefficient (Wildman–Crippen LogP) is 1.39. The third kappa shape index (κ3) is 3.69. The van der Waals surface area contributed by atoms with Crippen LogP contribution in [-0.4, -0.2) is 23.1 Å². The molecule has 0 aliphatic heterocycles. The van der Waals surface area contributed by atoms with Gasteiger partial charge in [0, 0.05) is 6.54 Å². The zero-order chi connectivity index (χ0) is 13.2. The molecule has 1 fully saturated rings. The normalized spacial score (nSPS) is 18.9. The molecule has 0 radical (unpaired) electrons. The second-order valence-corrected chi connectivity index (χ2v) is 5.20. The predicted molar refractivity (Wildman–Crippen MR) is 77.0 cm³/mol. The second-order valence-electron chi connectivity index (χ2n) is 5.20. The van der Waals surface area contributed by atoms with E-state index in [2.05, 4.69) is 5.32 Å².